The molecule has 0 spiro atoms. The van der Waals surface area contributed by atoms with Crippen LogP contribution in [0.5, 0.6) is 0 Å². The molecule has 0 saturated carbocycles. The molecule has 3 aromatic rings. The number of hydrogen-bond acceptors (Lipinski definition) is 5. The zero-order chi connectivity index (χ0) is 25.8. The van der Waals surface area contributed by atoms with Gasteiger partial charge in [0.05, 0.1) is 17.0 Å². The van der Waals surface area contributed by atoms with Gasteiger partial charge in [-0.1, -0.05) is 41.9 Å². The normalized spacial score (nSPS) is 18.2. The van der Waals surface area contributed by atoms with E-state index in [2.05, 4.69) is 38.8 Å². The molecule has 2 aliphatic heterocycles. The first-order valence-electron chi connectivity index (χ1n) is 12.6. The highest BCUT2D eigenvalue weighted by molar-refractivity contribution is 6.30. The fourth-order valence-electron chi connectivity index (χ4n) is 4.96. The number of piperazine rings is 1. The molecule has 5 rings (SSSR count). The number of hydrogen-bond donors (Lipinski definition) is 1. The van der Waals surface area contributed by atoms with Crippen LogP contribution in [0.15, 0.2) is 73.4 Å². The third-order valence-electron chi connectivity index (χ3n) is 7.05. The van der Waals surface area contributed by atoms with E-state index >= 15 is 0 Å². The molecule has 1 unspecified atom stereocenters. The van der Waals surface area contributed by atoms with Crippen molar-refractivity contribution < 1.29 is 4.79 Å². The molecule has 2 fully saturated rings. The molecule has 1 aromatic heterocycles. The van der Waals surface area contributed by atoms with Crippen molar-refractivity contribution in [2.45, 2.75) is 19.0 Å². The van der Waals surface area contributed by atoms with E-state index in [9.17, 15) is 4.79 Å². The summed E-state index contributed by atoms with van der Waals surface area (Å²) in [6.07, 6.45) is 2.71. The SMILES string of the molecule is C=C(NC1CCN(Cc2ccc(Cl)cc2)C1)c1ccc(C(=O)N2CCN(c3ccc(Cl)cc3)CC2)cn1. The molecule has 37 heavy (non-hydrogen) atoms. The first-order valence-corrected chi connectivity index (χ1v) is 13.4. The topological polar surface area (TPSA) is 51.7 Å². The van der Waals surface area contributed by atoms with Crippen LogP contribution in [0.4, 0.5) is 5.69 Å². The van der Waals surface area contributed by atoms with Crippen molar-refractivity contribution in [3.8, 4) is 0 Å². The highest BCUT2D eigenvalue weighted by Crippen LogP contribution is 2.21. The van der Waals surface area contributed by atoms with Gasteiger partial charge in [-0.3, -0.25) is 14.7 Å². The minimum absolute atomic E-state index is 0.0158. The maximum Gasteiger partial charge on any atom is 0.255 e. The largest absolute Gasteiger partial charge is 0.380 e. The third-order valence-corrected chi connectivity index (χ3v) is 7.55. The van der Waals surface area contributed by atoms with Crippen molar-refractivity contribution in [3.63, 3.8) is 0 Å². The molecule has 0 radical (unpaired) electrons. The van der Waals surface area contributed by atoms with Crippen LogP contribution in [0.3, 0.4) is 0 Å². The smallest absolute Gasteiger partial charge is 0.255 e. The van der Waals surface area contributed by atoms with Gasteiger partial charge in [0.1, 0.15) is 0 Å². The van der Waals surface area contributed by atoms with Crippen molar-refractivity contribution in [1.82, 2.24) is 20.1 Å². The summed E-state index contributed by atoms with van der Waals surface area (Å²) in [7, 11) is 0. The molecule has 8 heteroatoms. The first kappa shape index (κ1) is 25.6. The lowest BCUT2D eigenvalue weighted by atomic mass is 10.1. The predicted octanol–water partition coefficient (Wildman–Crippen LogP) is 5.19. The van der Waals surface area contributed by atoms with Gasteiger partial charge < -0.3 is 15.1 Å². The van der Waals surface area contributed by atoms with E-state index in [0.717, 1.165) is 66.3 Å². The first-order chi connectivity index (χ1) is 17.9. The zero-order valence-electron chi connectivity index (χ0n) is 20.7. The molecule has 2 aromatic carbocycles. The lowest BCUT2D eigenvalue weighted by molar-refractivity contribution is 0.0746. The molecule has 0 bridgehead atoms. The Bertz CT molecular complexity index is 1220. The molecule has 3 heterocycles. The molecular weight excluding hydrogens is 505 g/mol. The van der Waals surface area contributed by atoms with Crippen molar-refractivity contribution >= 4 is 40.5 Å². The van der Waals surface area contributed by atoms with Crippen LogP contribution in [-0.4, -0.2) is 66.0 Å². The van der Waals surface area contributed by atoms with Crippen molar-refractivity contribution in [2.24, 2.45) is 0 Å². The highest BCUT2D eigenvalue weighted by atomic mass is 35.5. The summed E-state index contributed by atoms with van der Waals surface area (Å²) in [5, 5.41) is 5.02. The number of rotatable bonds is 7. The average Bonchev–Trinajstić information content (AvgIpc) is 3.36. The maximum absolute atomic E-state index is 13.1. The molecule has 2 aliphatic rings. The van der Waals surface area contributed by atoms with Crippen LogP contribution < -0.4 is 10.2 Å². The number of amides is 1. The number of anilines is 1. The zero-order valence-corrected chi connectivity index (χ0v) is 22.3. The molecule has 192 valence electrons. The fourth-order valence-corrected chi connectivity index (χ4v) is 5.22. The molecule has 1 amide bonds. The number of likely N-dealkylation sites (tertiary alicyclic amines) is 1. The summed E-state index contributed by atoms with van der Waals surface area (Å²) >= 11 is 12.0. The second kappa shape index (κ2) is 11.5. The highest BCUT2D eigenvalue weighted by Gasteiger charge is 2.24. The van der Waals surface area contributed by atoms with Crippen LogP contribution in [0.2, 0.25) is 10.0 Å². The van der Waals surface area contributed by atoms with Gasteiger partial charge in [0, 0.05) is 73.8 Å². The van der Waals surface area contributed by atoms with Crippen molar-refractivity contribution in [3.05, 3.63) is 100 Å². The number of pyridine rings is 1. The Morgan fingerprint density at radius 2 is 1.59 bits per heavy atom. The van der Waals surface area contributed by atoms with Crippen LogP contribution in [-0.2, 0) is 6.54 Å². The van der Waals surface area contributed by atoms with E-state index in [1.165, 1.54) is 5.56 Å². The van der Waals surface area contributed by atoms with Gasteiger partial charge in [-0.15, -0.1) is 0 Å². The number of carbonyl (C=O) groups is 1. The summed E-state index contributed by atoms with van der Waals surface area (Å²) in [4.78, 5) is 24.2. The quantitative estimate of drug-likeness (QED) is 0.451. The standard InChI is InChI=1S/C29H31Cl2N5O/c1-21(33-26-12-13-34(20-26)19-22-2-5-24(30)6-3-22)28-11-4-23(18-32-28)29(37)36-16-14-35(15-17-36)27-9-7-25(31)8-10-27/h2-11,18,26,33H,1,12-17,19-20H2. The fraction of sp³-hybridized carbons (Fsp3) is 0.310. The number of benzene rings is 2. The van der Waals surface area contributed by atoms with E-state index < -0.39 is 0 Å². The van der Waals surface area contributed by atoms with Crippen LogP contribution in [0.1, 0.15) is 28.0 Å². The molecule has 0 aliphatic carbocycles. The molecule has 1 N–H and O–H groups in total. The van der Waals surface area contributed by atoms with Gasteiger partial charge in [-0.25, -0.2) is 0 Å². The number of aromatic nitrogens is 1. The Labute approximate surface area is 228 Å². The van der Waals surface area contributed by atoms with E-state index in [1.807, 2.05) is 53.4 Å². The number of nitrogens with zero attached hydrogens (tertiary/aromatic N) is 4. The maximum atomic E-state index is 13.1. The predicted molar refractivity (Wildman–Crippen MR) is 151 cm³/mol. The van der Waals surface area contributed by atoms with Gasteiger partial charge in [-0.05, 0) is 60.5 Å². The van der Waals surface area contributed by atoms with Crippen LogP contribution in [0, 0.1) is 0 Å². The molecule has 1 atom stereocenters. The Morgan fingerprint density at radius 1 is 0.919 bits per heavy atom. The molecule has 2 saturated heterocycles. The van der Waals surface area contributed by atoms with Gasteiger partial charge in [0.25, 0.3) is 5.91 Å². The van der Waals surface area contributed by atoms with E-state index in [4.69, 9.17) is 23.2 Å². The summed E-state index contributed by atoms with van der Waals surface area (Å²) in [5.74, 6) is 0.0158. The summed E-state index contributed by atoms with van der Waals surface area (Å²) in [6.45, 7) is 10.00. The minimum atomic E-state index is 0.0158. The minimum Gasteiger partial charge on any atom is -0.380 e. The summed E-state index contributed by atoms with van der Waals surface area (Å²) in [6, 6.07) is 19.9. The second-order valence-corrected chi connectivity index (χ2v) is 10.5. The van der Waals surface area contributed by atoms with Crippen LogP contribution in [0.25, 0.3) is 5.70 Å². The Hall–Kier alpha value is -3.06. The third kappa shape index (κ3) is 6.45. The summed E-state index contributed by atoms with van der Waals surface area (Å²) < 4.78 is 0. The van der Waals surface area contributed by atoms with Gasteiger partial charge in [0.15, 0.2) is 0 Å². The average molecular weight is 537 g/mol. The van der Waals surface area contributed by atoms with Crippen molar-refractivity contribution in [1.29, 1.82) is 0 Å². The lowest BCUT2D eigenvalue weighted by Gasteiger charge is -2.36. The van der Waals surface area contributed by atoms with E-state index in [1.54, 1.807) is 6.20 Å². The van der Waals surface area contributed by atoms with Gasteiger partial charge >= 0.3 is 0 Å². The lowest BCUT2D eigenvalue weighted by Crippen LogP contribution is -2.48. The Kier molecular flexibility index (Phi) is 7.99. The van der Waals surface area contributed by atoms with Crippen LogP contribution >= 0.6 is 23.2 Å². The molecular formula is C29H31Cl2N5O. The van der Waals surface area contributed by atoms with E-state index in [0.29, 0.717) is 24.7 Å². The summed E-state index contributed by atoms with van der Waals surface area (Å²) in [5.41, 5.74) is 4.54. The number of halogens is 2. The van der Waals surface area contributed by atoms with Crippen molar-refractivity contribution in [2.75, 3.05) is 44.2 Å². The van der Waals surface area contributed by atoms with Gasteiger partial charge in [0.2, 0.25) is 0 Å². The Morgan fingerprint density at radius 3 is 2.24 bits per heavy atom. The molecule has 6 nitrogen and oxygen atoms in total. The monoisotopic (exact) mass is 535 g/mol. The Balaban J connectivity index is 1.10. The second-order valence-electron chi connectivity index (χ2n) is 9.66. The van der Waals surface area contributed by atoms with E-state index in [-0.39, 0.29) is 5.91 Å². The number of nitrogens with one attached hydrogen (secondary N) is 1. The van der Waals surface area contributed by atoms with Gasteiger partial charge in [-0.2, -0.15) is 0 Å². The number of carbonyl (C=O) groups excluding carboxylic acids is 1.